The summed E-state index contributed by atoms with van der Waals surface area (Å²) in [6, 6.07) is 6.63. The molecule has 2 aromatic rings. The van der Waals surface area contributed by atoms with E-state index < -0.39 is 0 Å². The van der Waals surface area contributed by atoms with Crippen LogP contribution in [0.4, 0.5) is 5.69 Å². The van der Waals surface area contributed by atoms with Gasteiger partial charge in [-0.15, -0.1) is 0 Å². The van der Waals surface area contributed by atoms with Crippen LogP contribution in [-0.2, 0) is 0 Å². The highest BCUT2D eigenvalue weighted by Crippen LogP contribution is 2.28. The van der Waals surface area contributed by atoms with Gasteiger partial charge in [0, 0.05) is 29.5 Å². The molecule has 0 saturated heterocycles. The molecule has 1 heterocycles. The topological polar surface area (TPSA) is 77.2 Å². The van der Waals surface area contributed by atoms with Crippen LogP contribution in [0.15, 0.2) is 41.1 Å². The van der Waals surface area contributed by atoms with Gasteiger partial charge in [-0.25, -0.2) is 0 Å². The fourth-order valence-electron chi connectivity index (χ4n) is 1.52. The summed E-state index contributed by atoms with van der Waals surface area (Å²) in [5.74, 6) is 0.669. The molecule has 0 atom stereocenters. The summed E-state index contributed by atoms with van der Waals surface area (Å²) in [5, 5.41) is 2.55. The highest BCUT2D eigenvalue weighted by Gasteiger charge is 2.12. The zero-order valence-electron chi connectivity index (χ0n) is 10.2. The SMILES string of the molecule is CNC(=O)c1ccc(N)cc1Oc1cncc(Br)c1. The van der Waals surface area contributed by atoms with Crippen molar-refractivity contribution in [1.82, 2.24) is 10.3 Å². The molecule has 1 aromatic heterocycles. The number of amides is 1. The smallest absolute Gasteiger partial charge is 0.254 e. The molecule has 0 spiro atoms. The number of hydrogen-bond acceptors (Lipinski definition) is 4. The van der Waals surface area contributed by atoms with E-state index >= 15 is 0 Å². The van der Waals surface area contributed by atoms with Crippen molar-refractivity contribution in [2.75, 3.05) is 12.8 Å². The molecule has 0 bridgehead atoms. The van der Waals surface area contributed by atoms with Crippen LogP contribution in [-0.4, -0.2) is 17.9 Å². The minimum atomic E-state index is -0.238. The number of benzene rings is 1. The highest BCUT2D eigenvalue weighted by atomic mass is 79.9. The first kappa shape index (κ1) is 13.4. The van der Waals surface area contributed by atoms with E-state index in [1.54, 1.807) is 43.7 Å². The van der Waals surface area contributed by atoms with E-state index in [1.807, 2.05) is 0 Å². The Labute approximate surface area is 118 Å². The first-order valence-corrected chi connectivity index (χ1v) is 6.29. The third kappa shape index (κ3) is 3.23. The van der Waals surface area contributed by atoms with Gasteiger partial charge >= 0.3 is 0 Å². The molecule has 0 unspecified atom stereocenters. The molecule has 0 saturated carbocycles. The largest absolute Gasteiger partial charge is 0.455 e. The molecular formula is C13H12BrN3O2. The van der Waals surface area contributed by atoms with Crippen LogP contribution in [0.2, 0.25) is 0 Å². The maximum atomic E-state index is 11.7. The maximum Gasteiger partial charge on any atom is 0.254 e. The van der Waals surface area contributed by atoms with Crippen molar-refractivity contribution < 1.29 is 9.53 Å². The van der Waals surface area contributed by atoms with E-state index in [0.717, 1.165) is 4.47 Å². The van der Waals surface area contributed by atoms with Crippen LogP contribution < -0.4 is 15.8 Å². The molecule has 98 valence electrons. The van der Waals surface area contributed by atoms with E-state index in [2.05, 4.69) is 26.2 Å². The standard InChI is InChI=1S/C13H12BrN3O2/c1-16-13(18)11-3-2-9(15)5-12(11)19-10-4-8(14)6-17-7-10/h2-7H,15H2,1H3,(H,16,18). The Hall–Kier alpha value is -2.08. The van der Waals surface area contributed by atoms with Crippen molar-refractivity contribution in [3.63, 3.8) is 0 Å². The predicted octanol–water partition coefficient (Wildman–Crippen LogP) is 2.58. The van der Waals surface area contributed by atoms with E-state index in [4.69, 9.17) is 10.5 Å². The van der Waals surface area contributed by atoms with Crippen LogP contribution in [0.5, 0.6) is 11.5 Å². The van der Waals surface area contributed by atoms with Gasteiger partial charge in [0.2, 0.25) is 0 Å². The van der Waals surface area contributed by atoms with Crippen LogP contribution in [0.1, 0.15) is 10.4 Å². The summed E-state index contributed by atoms with van der Waals surface area (Å²) in [4.78, 5) is 15.7. The molecule has 6 heteroatoms. The van der Waals surface area contributed by atoms with Gasteiger partial charge in [0.15, 0.2) is 0 Å². The first-order chi connectivity index (χ1) is 9.10. The predicted molar refractivity (Wildman–Crippen MR) is 76.3 cm³/mol. The Balaban J connectivity index is 2.38. The lowest BCUT2D eigenvalue weighted by atomic mass is 10.1. The Morgan fingerprint density at radius 1 is 1.37 bits per heavy atom. The molecule has 1 amide bonds. The van der Waals surface area contributed by atoms with Crippen molar-refractivity contribution in [2.24, 2.45) is 0 Å². The zero-order chi connectivity index (χ0) is 13.8. The third-order valence-electron chi connectivity index (χ3n) is 2.38. The highest BCUT2D eigenvalue weighted by molar-refractivity contribution is 9.10. The number of ether oxygens (including phenoxy) is 1. The summed E-state index contributed by atoms with van der Waals surface area (Å²) in [6.45, 7) is 0. The number of halogens is 1. The number of nitrogen functional groups attached to an aromatic ring is 1. The van der Waals surface area contributed by atoms with E-state index in [-0.39, 0.29) is 5.91 Å². The average Bonchev–Trinajstić information content (AvgIpc) is 2.38. The third-order valence-corrected chi connectivity index (χ3v) is 2.82. The maximum absolute atomic E-state index is 11.7. The number of nitrogens with zero attached hydrogens (tertiary/aromatic N) is 1. The van der Waals surface area contributed by atoms with Gasteiger partial charge in [-0.05, 0) is 34.1 Å². The number of hydrogen-bond donors (Lipinski definition) is 2. The molecule has 2 rings (SSSR count). The molecule has 1 aromatic carbocycles. The van der Waals surface area contributed by atoms with Gasteiger partial charge < -0.3 is 15.8 Å². The van der Waals surface area contributed by atoms with E-state index in [0.29, 0.717) is 22.7 Å². The quantitative estimate of drug-likeness (QED) is 0.852. The van der Waals surface area contributed by atoms with Crippen molar-refractivity contribution in [3.8, 4) is 11.5 Å². The second-order valence-corrected chi connectivity index (χ2v) is 4.69. The monoisotopic (exact) mass is 321 g/mol. The number of nitrogens with two attached hydrogens (primary N) is 1. The summed E-state index contributed by atoms with van der Waals surface area (Å²) in [7, 11) is 1.56. The molecule has 0 radical (unpaired) electrons. The van der Waals surface area contributed by atoms with Gasteiger partial charge in [-0.1, -0.05) is 0 Å². The van der Waals surface area contributed by atoms with Gasteiger partial charge in [0.25, 0.3) is 5.91 Å². The molecule has 0 fully saturated rings. The lowest BCUT2D eigenvalue weighted by Crippen LogP contribution is -2.18. The summed E-state index contributed by atoms with van der Waals surface area (Å²) >= 11 is 3.30. The number of pyridine rings is 1. The van der Waals surface area contributed by atoms with Gasteiger partial charge in [-0.3, -0.25) is 9.78 Å². The molecule has 0 aliphatic heterocycles. The minimum Gasteiger partial charge on any atom is -0.455 e. The lowest BCUT2D eigenvalue weighted by molar-refractivity contribution is 0.0961. The van der Waals surface area contributed by atoms with Crippen LogP contribution in [0.3, 0.4) is 0 Å². The number of rotatable bonds is 3. The van der Waals surface area contributed by atoms with Crippen LogP contribution in [0, 0.1) is 0 Å². The number of carbonyl (C=O) groups excluding carboxylic acids is 1. The van der Waals surface area contributed by atoms with Gasteiger partial charge in [0.1, 0.15) is 11.5 Å². The zero-order valence-corrected chi connectivity index (χ0v) is 11.8. The fourth-order valence-corrected chi connectivity index (χ4v) is 1.86. The molecule has 0 aliphatic carbocycles. The van der Waals surface area contributed by atoms with Crippen molar-refractivity contribution in [3.05, 3.63) is 46.7 Å². The molecular weight excluding hydrogens is 310 g/mol. The molecule has 19 heavy (non-hydrogen) atoms. The Morgan fingerprint density at radius 2 is 2.16 bits per heavy atom. The van der Waals surface area contributed by atoms with E-state index in [9.17, 15) is 4.79 Å². The number of anilines is 1. The van der Waals surface area contributed by atoms with Gasteiger partial charge in [0.05, 0.1) is 11.8 Å². The van der Waals surface area contributed by atoms with E-state index in [1.165, 1.54) is 0 Å². The summed E-state index contributed by atoms with van der Waals surface area (Å²) < 4.78 is 6.45. The molecule has 0 aliphatic rings. The number of nitrogens with one attached hydrogen (secondary N) is 1. The molecule has 3 N–H and O–H groups in total. The molecule has 5 nitrogen and oxygen atoms in total. The van der Waals surface area contributed by atoms with Crippen molar-refractivity contribution in [1.29, 1.82) is 0 Å². The van der Waals surface area contributed by atoms with Crippen LogP contribution in [0.25, 0.3) is 0 Å². The summed E-state index contributed by atoms with van der Waals surface area (Å²) in [6.07, 6.45) is 3.20. The number of carbonyl (C=O) groups is 1. The fraction of sp³-hybridized carbons (Fsp3) is 0.0769. The lowest BCUT2D eigenvalue weighted by Gasteiger charge is -2.11. The summed E-state index contributed by atoms with van der Waals surface area (Å²) in [5.41, 5.74) is 6.65. The normalized spacial score (nSPS) is 10.0. The second kappa shape index (κ2) is 5.71. The van der Waals surface area contributed by atoms with Crippen molar-refractivity contribution in [2.45, 2.75) is 0 Å². The first-order valence-electron chi connectivity index (χ1n) is 5.50. The average molecular weight is 322 g/mol. The van der Waals surface area contributed by atoms with Crippen molar-refractivity contribution >= 4 is 27.5 Å². The minimum absolute atomic E-state index is 0.238. The Kier molecular flexibility index (Phi) is 4.01. The van der Waals surface area contributed by atoms with Crippen LogP contribution >= 0.6 is 15.9 Å². The Morgan fingerprint density at radius 3 is 2.84 bits per heavy atom. The second-order valence-electron chi connectivity index (χ2n) is 3.78. The van der Waals surface area contributed by atoms with Gasteiger partial charge in [-0.2, -0.15) is 0 Å². The Bertz CT molecular complexity index is 617. The number of aromatic nitrogens is 1.